The molecule has 0 radical (unpaired) electrons. The van der Waals surface area contributed by atoms with Crippen LogP contribution in [0.25, 0.3) is 0 Å². The largest absolute Gasteiger partial charge is 0.309 e. The lowest BCUT2D eigenvalue weighted by Crippen LogP contribution is -2.56. The minimum Gasteiger partial charge on any atom is -0.309 e. The smallest absolute Gasteiger partial charge is 0.214 e. The normalized spacial score (nSPS) is 29.7. The number of piperazine rings is 1. The number of rotatable bonds is 3. The van der Waals surface area contributed by atoms with Crippen LogP contribution in [-0.4, -0.2) is 43.6 Å². The lowest BCUT2D eigenvalue weighted by Gasteiger charge is -2.35. The topological polar surface area (TPSA) is 49.4 Å². The van der Waals surface area contributed by atoms with Crippen molar-refractivity contribution in [3.63, 3.8) is 0 Å². The van der Waals surface area contributed by atoms with E-state index in [1.807, 2.05) is 27.7 Å². The van der Waals surface area contributed by atoms with E-state index in [2.05, 4.69) is 5.32 Å². The Bertz CT molecular complexity index is 291. The molecule has 0 saturated carbocycles. The number of nitrogens with zero attached hydrogens (tertiary/aromatic N) is 1. The molecule has 1 aliphatic rings. The third-order valence-corrected chi connectivity index (χ3v) is 4.63. The first-order valence-corrected chi connectivity index (χ1v) is 7.16. The second kappa shape index (κ2) is 4.80. The first kappa shape index (κ1) is 12.9. The molecule has 0 amide bonds. The van der Waals surface area contributed by atoms with Gasteiger partial charge in [-0.25, -0.2) is 8.42 Å². The average Bonchev–Trinajstić information content (AvgIpc) is 1.99. The van der Waals surface area contributed by atoms with Crippen LogP contribution in [0, 0.1) is 5.92 Å². The van der Waals surface area contributed by atoms with E-state index in [-0.39, 0.29) is 23.8 Å². The van der Waals surface area contributed by atoms with Crippen molar-refractivity contribution in [2.45, 2.75) is 39.8 Å². The summed E-state index contributed by atoms with van der Waals surface area (Å²) in [4.78, 5) is 0. The Kier molecular flexibility index (Phi) is 4.14. The van der Waals surface area contributed by atoms with Gasteiger partial charge in [0.2, 0.25) is 10.0 Å². The maximum Gasteiger partial charge on any atom is 0.214 e. The second-order valence-electron chi connectivity index (χ2n) is 4.96. The summed E-state index contributed by atoms with van der Waals surface area (Å²) in [5.41, 5.74) is 0. The van der Waals surface area contributed by atoms with Crippen LogP contribution in [0.2, 0.25) is 0 Å². The minimum absolute atomic E-state index is 0.190. The molecule has 90 valence electrons. The van der Waals surface area contributed by atoms with Gasteiger partial charge in [0, 0.05) is 25.2 Å². The highest BCUT2D eigenvalue weighted by molar-refractivity contribution is 7.89. The SMILES string of the molecule is CC(C)CS(=O)(=O)N1CC(C)NC(C)C1. The summed E-state index contributed by atoms with van der Waals surface area (Å²) in [5, 5.41) is 3.33. The van der Waals surface area contributed by atoms with Crippen molar-refractivity contribution in [1.29, 1.82) is 0 Å². The fourth-order valence-corrected chi connectivity index (χ4v) is 3.99. The van der Waals surface area contributed by atoms with Crippen LogP contribution in [0.1, 0.15) is 27.7 Å². The van der Waals surface area contributed by atoms with E-state index in [1.54, 1.807) is 4.31 Å². The minimum atomic E-state index is -3.06. The Hall–Kier alpha value is -0.130. The van der Waals surface area contributed by atoms with E-state index in [0.29, 0.717) is 13.1 Å². The molecule has 1 saturated heterocycles. The van der Waals surface area contributed by atoms with Gasteiger partial charge in [-0.05, 0) is 19.8 Å². The molecule has 1 N–H and O–H groups in total. The molecular weight excluding hydrogens is 212 g/mol. The van der Waals surface area contributed by atoms with Gasteiger partial charge < -0.3 is 5.32 Å². The molecule has 5 heteroatoms. The van der Waals surface area contributed by atoms with Crippen LogP contribution in [0.5, 0.6) is 0 Å². The van der Waals surface area contributed by atoms with Crippen LogP contribution in [0.3, 0.4) is 0 Å². The van der Waals surface area contributed by atoms with Crippen molar-refractivity contribution >= 4 is 10.0 Å². The number of hydrogen-bond donors (Lipinski definition) is 1. The van der Waals surface area contributed by atoms with E-state index in [9.17, 15) is 8.42 Å². The zero-order valence-electron chi connectivity index (χ0n) is 10.0. The van der Waals surface area contributed by atoms with Crippen molar-refractivity contribution in [3.05, 3.63) is 0 Å². The fraction of sp³-hybridized carbons (Fsp3) is 1.00. The summed E-state index contributed by atoms with van der Waals surface area (Å²) in [7, 11) is -3.06. The van der Waals surface area contributed by atoms with Crippen molar-refractivity contribution < 1.29 is 8.42 Å². The highest BCUT2D eigenvalue weighted by Gasteiger charge is 2.30. The molecule has 1 rings (SSSR count). The Morgan fingerprint density at radius 3 is 2.13 bits per heavy atom. The molecule has 0 aromatic heterocycles. The molecule has 1 fully saturated rings. The number of nitrogens with one attached hydrogen (secondary N) is 1. The fourth-order valence-electron chi connectivity index (χ4n) is 2.03. The summed E-state index contributed by atoms with van der Waals surface area (Å²) in [5.74, 6) is 0.447. The third kappa shape index (κ3) is 3.74. The Balaban J connectivity index is 2.70. The molecule has 2 atom stereocenters. The van der Waals surface area contributed by atoms with Crippen molar-refractivity contribution in [3.8, 4) is 0 Å². The molecule has 15 heavy (non-hydrogen) atoms. The highest BCUT2D eigenvalue weighted by Crippen LogP contribution is 2.12. The predicted octanol–water partition coefficient (Wildman–Crippen LogP) is 0.654. The molecule has 1 heterocycles. The average molecular weight is 234 g/mol. The van der Waals surface area contributed by atoms with E-state index in [0.717, 1.165) is 0 Å². The molecule has 1 aliphatic heterocycles. The molecule has 0 spiro atoms. The van der Waals surface area contributed by atoms with Gasteiger partial charge in [-0.1, -0.05) is 13.8 Å². The molecule has 2 unspecified atom stereocenters. The van der Waals surface area contributed by atoms with E-state index < -0.39 is 10.0 Å². The van der Waals surface area contributed by atoms with E-state index in [4.69, 9.17) is 0 Å². The van der Waals surface area contributed by atoms with Gasteiger partial charge in [0.1, 0.15) is 0 Å². The van der Waals surface area contributed by atoms with Gasteiger partial charge in [0.25, 0.3) is 0 Å². The third-order valence-electron chi connectivity index (χ3n) is 2.46. The summed E-state index contributed by atoms with van der Waals surface area (Å²) >= 11 is 0. The monoisotopic (exact) mass is 234 g/mol. The Labute approximate surface area is 93.1 Å². The van der Waals surface area contributed by atoms with Gasteiger partial charge in [0.05, 0.1) is 5.75 Å². The van der Waals surface area contributed by atoms with Gasteiger partial charge in [-0.2, -0.15) is 4.31 Å². The van der Waals surface area contributed by atoms with Gasteiger partial charge in [-0.15, -0.1) is 0 Å². The molecule has 0 bridgehead atoms. The van der Waals surface area contributed by atoms with E-state index >= 15 is 0 Å². The molecular formula is C10H22N2O2S. The van der Waals surface area contributed by atoms with Crippen LogP contribution in [0.15, 0.2) is 0 Å². The summed E-state index contributed by atoms with van der Waals surface area (Å²) in [6.45, 7) is 9.11. The van der Waals surface area contributed by atoms with Gasteiger partial charge in [-0.3, -0.25) is 0 Å². The Morgan fingerprint density at radius 1 is 1.27 bits per heavy atom. The molecule has 4 nitrogen and oxygen atoms in total. The maximum absolute atomic E-state index is 12.0. The van der Waals surface area contributed by atoms with Crippen LogP contribution in [0.4, 0.5) is 0 Å². The summed E-state index contributed by atoms with van der Waals surface area (Å²) < 4.78 is 25.6. The van der Waals surface area contributed by atoms with Crippen LogP contribution < -0.4 is 5.32 Å². The second-order valence-corrected chi connectivity index (χ2v) is 6.97. The first-order chi connectivity index (χ1) is 6.81. The zero-order valence-corrected chi connectivity index (χ0v) is 10.8. The van der Waals surface area contributed by atoms with Crippen molar-refractivity contribution in [2.75, 3.05) is 18.8 Å². The molecule has 0 aliphatic carbocycles. The van der Waals surface area contributed by atoms with Gasteiger partial charge >= 0.3 is 0 Å². The first-order valence-electron chi connectivity index (χ1n) is 5.55. The number of sulfonamides is 1. The molecule has 0 aromatic rings. The summed E-state index contributed by atoms with van der Waals surface area (Å²) in [6.07, 6.45) is 0. The summed E-state index contributed by atoms with van der Waals surface area (Å²) in [6, 6.07) is 0.492. The highest BCUT2D eigenvalue weighted by atomic mass is 32.2. The van der Waals surface area contributed by atoms with Crippen molar-refractivity contribution in [1.82, 2.24) is 9.62 Å². The Morgan fingerprint density at radius 2 is 1.73 bits per heavy atom. The molecule has 0 aromatic carbocycles. The maximum atomic E-state index is 12.0. The van der Waals surface area contributed by atoms with Gasteiger partial charge in [0.15, 0.2) is 0 Å². The lowest BCUT2D eigenvalue weighted by molar-refractivity contribution is 0.262. The lowest BCUT2D eigenvalue weighted by atomic mass is 10.2. The predicted molar refractivity (Wildman–Crippen MR) is 62.3 cm³/mol. The van der Waals surface area contributed by atoms with Crippen LogP contribution >= 0.6 is 0 Å². The standard InChI is InChI=1S/C10H22N2O2S/c1-8(2)7-15(13,14)12-5-9(3)11-10(4)6-12/h8-11H,5-7H2,1-4H3. The van der Waals surface area contributed by atoms with Crippen molar-refractivity contribution in [2.24, 2.45) is 5.92 Å². The van der Waals surface area contributed by atoms with Crippen LogP contribution in [-0.2, 0) is 10.0 Å². The quantitative estimate of drug-likeness (QED) is 0.780. The zero-order chi connectivity index (χ0) is 11.6. The number of hydrogen-bond acceptors (Lipinski definition) is 3. The van der Waals surface area contributed by atoms with E-state index in [1.165, 1.54) is 0 Å².